The van der Waals surface area contributed by atoms with Gasteiger partial charge in [-0.05, 0) is 49.2 Å². The van der Waals surface area contributed by atoms with E-state index in [9.17, 15) is 14.4 Å². The van der Waals surface area contributed by atoms with Crippen LogP contribution in [0.15, 0.2) is 47.1 Å². The lowest BCUT2D eigenvalue weighted by molar-refractivity contribution is -0.125. The van der Waals surface area contributed by atoms with E-state index in [0.717, 1.165) is 0 Å². The topological polar surface area (TPSA) is 97.6 Å². The lowest BCUT2D eigenvalue weighted by atomic mass is 10.1. The molecule has 0 aliphatic carbocycles. The predicted octanol–water partition coefficient (Wildman–Crippen LogP) is 2.85. The highest BCUT2D eigenvalue weighted by Crippen LogP contribution is 2.12. The van der Waals surface area contributed by atoms with Gasteiger partial charge in [0.25, 0.3) is 11.8 Å². The smallest absolute Gasteiger partial charge is 0.338 e. The average molecular weight is 358 g/mol. The third kappa shape index (κ3) is 5.47. The molecular formula is C19H22N2O5. The Labute approximate surface area is 151 Å². The zero-order valence-electron chi connectivity index (χ0n) is 14.9. The predicted molar refractivity (Wildman–Crippen MR) is 95.8 cm³/mol. The van der Waals surface area contributed by atoms with Crippen molar-refractivity contribution in [2.45, 2.75) is 26.8 Å². The fourth-order valence-electron chi connectivity index (χ4n) is 1.97. The second kappa shape index (κ2) is 8.84. The first-order valence-electron chi connectivity index (χ1n) is 8.28. The summed E-state index contributed by atoms with van der Waals surface area (Å²) in [4.78, 5) is 35.6. The summed E-state index contributed by atoms with van der Waals surface area (Å²) in [5.74, 6) is -0.863. The molecule has 0 aliphatic heterocycles. The number of carbonyl (C=O) groups excluding carboxylic acids is 3. The minimum Gasteiger partial charge on any atom is -0.459 e. The first-order valence-corrected chi connectivity index (χ1v) is 8.28. The van der Waals surface area contributed by atoms with Gasteiger partial charge >= 0.3 is 5.97 Å². The first-order chi connectivity index (χ1) is 12.4. The van der Waals surface area contributed by atoms with Gasteiger partial charge in [0.05, 0.1) is 11.8 Å². The lowest BCUT2D eigenvalue weighted by Gasteiger charge is -2.17. The summed E-state index contributed by atoms with van der Waals surface area (Å²) in [6.45, 7) is 5.53. The molecule has 0 spiro atoms. The van der Waals surface area contributed by atoms with Gasteiger partial charge in [0.15, 0.2) is 12.4 Å². The summed E-state index contributed by atoms with van der Waals surface area (Å²) in [6, 6.07) is 9.32. The SMILES string of the molecule is CC(C)[C@@H](C)NC(=O)COC(=O)c1ccc(NC(=O)c2ccco2)cc1. The average Bonchev–Trinajstić information content (AvgIpc) is 3.15. The third-order valence-electron chi connectivity index (χ3n) is 3.85. The fraction of sp³-hybridized carbons (Fsp3) is 0.316. The van der Waals surface area contributed by atoms with Crippen molar-refractivity contribution in [3.8, 4) is 0 Å². The number of ether oxygens (including phenoxy) is 1. The summed E-state index contributed by atoms with van der Waals surface area (Å²) in [5, 5.41) is 5.40. The number of rotatable bonds is 7. The number of carbonyl (C=O) groups is 3. The number of amides is 2. The maximum absolute atomic E-state index is 12.0. The Hall–Kier alpha value is -3.09. The molecule has 138 valence electrons. The number of anilines is 1. The van der Waals surface area contributed by atoms with E-state index in [1.807, 2.05) is 20.8 Å². The van der Waals surface area contributed by atoms with Crippen molar-refractivity contribution >= 4 is 23.5 Å². The van der Waals surface area contributed by atoms with Gasteiger partial charge in [0.2, 0.25) is 0 Å². The number of benzene rings is 1. The van der Waals surface area contributed by atoms with Gasteiger partial charge in [-0.15, -0.1) is 0 Å². The van der Waals surface area contributed by atoms with Crippen LogP contribution in [0.3, 0.4) is 0 Å². The summed E-state index contributed by atoms with van der Waals surface area (Å²) in [5.41, 5.74) is 0.789. The quantitative estimate of drug-likeness (QED) is 0.742. The van der Waals surface area contributed by atoms with Crippen LogP contribution in [0.2, 0.25) is 0 Å². The van der Waals surface area contributed by atoms with E-state index in [0.29, 0.717) is 11.6 Å². The molecule has 0 aliphatic rings. The largest absolute Gasteiger partial charge is 0.459 e. The van der Waals surface area contributed by atoms with Gasteiger partial charge in [-0.3, -0.25) is 9.59 Å². The Morgan fingerprint density at radius 1 is 1.08 bits per heavy atom. The highest BCUT2D eigenvalue weighted by atomic mass is 16.5. The molecule has 0 saturated heterocycles. The molecule has 1 atom stereocenters. The molecule has 2 amide bonds. The molecule has 0 saturated carbocycles. The maximum Gasteiger partial charge on any atom is 0.338 e. The zero-order chi connectivity index (χ0) is 19.1. The maximum atomic E-state index is 12.0. The number of furan rings is 1. The summed E-state index contributed by atoms with van der Waals surface area (Å²) in [6.07, 6.45) is 1.41. The molecule has 7 heteroatoms. The molecule has 1 aromatic heterocycles. The van der Waals surface area contributed by atoms with Crippen LogP contribution in [0.4, 0.5) is 5.69 Å². The van der Waals surface area contributed by atoms with Crippen LogP contribution in [-0.2, 0) is 9.53 Å². The van der Waals surface area contributed by atoms with Gasteiger partial charge in [0, 0.05) is 11.7 Å². The molecule has 0 bridgehead atoms. The molecule has 2 N–H and O–H groups in total. The van der Waals surface area contributed by atoms with E-state index < -0.39 is 5.97 Å². The van der Waals surface area contributed by atoms with Gasteiger partial charge in [-0.2, -0.15) is 0 Å². The summed E-state index contributed by atoms with van der Waals surface area (Å²) < 4.78 is 10.00. The molecule has 2 rings (SSSR count). The van der Waals surface area contributed by atoms with Crippen molar-refractivity contribution in [2.75, 3.05) is 11.9 Å². The van der Waals surface area contributed by atoms with E-state index >= 15 is 0 Å². The highest BCUT2D eigenvalue weighted by molar-refractivity contribution is 6.02. The van der Waals surface area contributed by atoms with E-state index in [2.05, 4.69) is 10.6 Å². The van der Waals surface area contributed by atoms with Gasteiger partial charge in [-0.25, -0.2) is 4.79 Å². The number of nitrogens with one attached hydrogen (secondary N) is 2. The van der Waals surface area contributed by atoms with Gasteiger partial charge in [-0.1, -0.05) is 13.8 Å². The standard InChI is InChI=1S/C19H22N2O5/c1-12(2)13(3)20-17(22)11-26-19(24)14-6-8-15(9-7-14)21-18(23)16-5-4-10-25-16/h4-10,12-13H,11H2,1-3H3,(H,20,22)(H,21,23)/t13-/m1/s1. The van der Waals surface area contributed by atoms with Crippen molar-refractivity contribution in [3.05, 3.63) is 54.0 Å². The number of hydrogen-bond acceptors (Lipinski definition) is 5. The summed E-state index contributed by atoms with van der Waals surface area (Å²) in [7, 11) is 0. The van der Waals surface area contributed by atoms with Crippen LogP contribution in [0.5, 0.6) is 0 Å². The Morgan fingerprint density at radius 2 is 1.77 bits per heavy atom. The third-order valence-corrected chi connectivity index (χ3v) is 3.85. The fourth-order valence-corrected chi connectivity index (χ4v) is 1.97. The Bertz CT molecular complexity index is 751. The monoisotopic (exact) mass is 358 g/mol. The summed E-state index contributed by atoms with van der Waals surface area (Å²) >= 11 is 0. The van der Waals surface area contributed by atoms with Crippen LogP contribution in [0, 0.1) is 5.92 Å². The molecule has 2 aromatic rings. The van der Waals surface area contributed by atoms with E-state index in [-0.39, 0.29) is 35.8 Å². The van der Waals surface area contributed by atoms with Crippen molar-refractivity contribution in [3.63, 3.8) is 0 Å². The number of hydrogen-bond donors (Lipinski definition) is 2. The van der Waals surface area contributed by atoms with E-state index in [4.69, 9.17) is 9.15 Å². The first kappa shape index (κ1) is 19.2. The zero-order valence-corrected chi connectivity index (χ0v) is 14.9. The molecule has 26 heavy (non-hydrogen) atoms. The highest BCUT2D eigenvalue weighted by Gasteiger charge is 2.14. The van der Waals surface area contributed by atoms with Crippen molar-refractivity contribution in [1.82, 2.24) is 5.32 Å². The number of esters is 1. The lowest BCUT2D eigenvalue weighted by Crippen LogP contribution is -2.38. The Balaban J connectivity index is 1.84. The van der Waals surface area contributed by atoms with Crippen molar-refractivity contribution in [1.29, 1.82) is 0 Å². The van der Waals surface area contributed by atoms with E-state index in [1.165, 1.54) is 18.4 Å². The molecule has 0 fully saturated rings. The molecule has 1 heterocycles. The van der Waals surface area contributed by atoms with Crippen molar-refractivity contribution < 1.29 is 23.5 Å². The van der Waals surface area contributed by atoms with Gasteiger partial charge < -0.3 is 19.8 Å². The minimum absolute atomic E-state index is 0.00161. The second-order valence-corrected chi connectivity index (χ2v) is 6.19. The van der Waals surface area contributed by atoms with Crippen molar-refractivity contribution in [2.24, 2.45) is 5.92 Å². The van der Waals surface area contributed by atoms with Crippen LogP contribution in [0.25, 0.3) is 0 Å². The van der Waals surface area contributed by atoms with Crippen LogP contribution >= 0.6 is 0 Å². The van der Waals surface area contributed by atoms with Crippen LogP contribution in [-0.4, -0.2) is 30.4 Å². The Kier molecular flexibility index (Phi) is 6.54. The Morgan fingerprint density at radius 3 is 2.35 bits per heavy atom. The molecule has 7 nitrogen and oxygen atoms in total. The molecular weight excluding hydrogens is 336 g/mol. The van der Waals surface area contributed by atoms with Crippen LogP contribution in [0.1, 0.15) is 41.7 Å². The molecule has 0 radical (unpaired) electrons. The van der Waals surface area contributed by atoms with Gasteiger partial charge in [0.1, 0.15) is 0 Å². The molecule has 0 unspecified atom stereocenters. The normalized spacial score (nSPS) is 11.7. The molecule has 1 aromatic carbocycles. The van der Waals surface area contributed by atoms with E-state index in [1.54, 1.807) is 24.3 Å². The van der Waals surface area contributed by atoms with Crippen LogP contribution < -0.4 is 10.6 Å². The minimum atomic E-state index is -0.610. The second-order valence-electron chi connectivity index (χ2n) is 6.19.